The summed E-state index contributed by atoms with van der Waals surface area (Å²) >= 11 is 0. The molecule has 0 radical (unpaired) electrons. The van der Waals surface area contributed by atoms with E-state index in [1.807, 2.05) is 34.9 Å². The molecule has 0 aliphatic carbocycles. The highest BCUT2D eigenvalue weighted by atomic mass is 16.5. The monoisotopic (exact) mass is 212 g/mol. The first-order valence-electron chi connectivity index (χ1n) is 4.56. The first kappa shape index (κ1) is 11.2. The van der Waals surface area contributed by atoms with Crippen LogP contribution in [0.25, 0.3) is 0 Å². The highest BCUT2D eigenvalue weighted by molar-refractivity contribution is 5.73. The van der Waals surface area contributed by atoms with Crippen LogP contribution in [-0.2, 0) is 27.9 Å². The van der Waals surface area contributed by atoms with Crippen LogP contribution in [0, 0.1) is 0 Å². The highest BCUT2D eigenvalue weighted by Gasteiger charge is 2.03. The second kappa shape index (κ2) is 5.79. The van der Waals surface area contributed by atoms with Crippen LogP contribution in [0.2, 0.25) is 0 Å². The Labute approximate surface area is 87.5 Å². The van der Waals surface area contributed by atoms with Crippen molar-refractivity contribution >= 4 is 12.4 Å². The van der Waals surface area contributed by atoms with E-state index in [0.717, 1.165) is 0 Å². The zero-order valence-corrected chi connectivity index (χ0v) is 8.55. The Hall–Kier alpha value is -1.85. The third-order valence-electron chi connectivity index (χ3n) is 1.77. The van der Waals surface area contributed by atoms with Gasteiger partial charge in [0.1, 0.15) is 32.1 Å². The maximum absolute atomic E-state index is 10.9. The van der Waals surface area contributed by atoms with Gasteiger partial charge >= 0.3 is 5.97 Å². The van der Waals surface area contributed by atoms with E-state index in [2.05, 4.69) is 5.32 Å². The van der Waals surface area contributed by atoms with Gasteiger partial charge < -0.3 is 10.1 Å². The largest absolute Gasteiger partial charge is 0.460 e. The van der Waals surface area contributed by atoms with E-state index >= 15 is 0 Å². The van der Waals surface area contributed by atoms with Gasteiger partial charge in [-0.05, 0) is 0 Å². The predicted molar refractivity (Wildman–Crippen MR) is 50.6 cm³/mol. The Bertz CT molecular complexity index is 335. The number of esters is 1. The fourth-order valence-electron chi connectivity index (χ4n) is 1.07. The average molecular weight is 212 g/mol. The van der Waals surface area contributed by atoms with Crippen molar-refractivity contribution in [1.82, 2.24) is 9.88 Å². The SMILES string of the molecule is C[n+]1ccn(CCOC(=O)CNC=O)c1. The number of aromatic nitrogens is 2. The number of hydrogen-bond acceptors (Lipinski definition) is 3. The molecule has 0 fully saturated rings. The fourth-order valence-corrected chi connectivity index (χ4v) is 1.07. The van der Waals surface area contributed by atoms with Gasteiger partial charge in [-0.15, -0.1) is 0 Å². The van der Waals surface area contributed by atoms with Gasteiger partial charge in [-0.1, -0.05) is 0 Å². The van der Waals surface area contributed by atoms with Crippen molar-refractivity contribution in [2.24, 2.45) is 7.05 Å². The molecule has 15 heavy (non-hydrogen) atoms. The van der Waals surface area contributed by atoms with Gasteiger partial charge in [-0.2, -0.15) is 0 Å². The molecule has 0 bridgehead atoms. The van der Waals surface area contributed by atoms with E-state index in [0.29, 0.717) is 19.6 Å². The summed E-state index contributed by atoms with van der Waals surface area (Å²) < 4.78 is 8.67. The predicted octanol–water partition coefficient (Wildman–Crippen LogP) is -1.40. The van der Waals surface area contributed by atoms with E-state index in [1.54, 1.807) is 0 Å². The van der Waals surface area contributed by atoms with Crippen molar-refractivity contribution in [2.75, 3.05) is 13.2 Å². The molecule has 0 aromatic carbocycles. The Morgan fingerprint density at radius 3 is 3.07 bits per heavy atom. The molecule has 1 amide bonds. The first-order chi connectivity index (χ1) is 7.22. The van der Waals surface area contributed by atoms with Crippen LogP contribution in [0.15, 0.2) is 18.7 Å². The lowest BCUT2D eigenvalue weighted by Gasteiger charge is -2.01. The normalized spacial score (nSPS) is 9.67. The Morgan fingerprint density at radius 1 is 1.67 bits per heavy atom. The lowest BCUT2D eigenvalue weighted by atomic mass is 10.6. The summed E-state index contributed by atoms with van der Waals surface area (Å²) in [6.07, 6.45) is 6.14. The molecule has 0 spiro atoms. The quantitative estimate of drug-likeness (QED) is 0.358. The molecule has 1 aromatic rings. The summed E-state index contributed by atoms with van der Waals surface area (Å²) in [6, 6.07) is 0. The molecule has 0 unspecified atom stereocenters. The van der Waals surface area contributed by atoms with Crippen LogP contribution in [0.1, 0.15) is 0 Å². The number of nitrogens with zero attached hydrogens (tertiary/aromatic N) is 2. The molecule has 6 heteroatoms. The zero-order chi connectivity index (χ0) is 11.1. The molecule has 0 saturated carbocycles. The summed E-state index contributed by atoms with van der Waals surface area (Å²) in [5.74, 6) is -0.432. The number of hydrogen-bond donors (Lipinski definition) is 1. The number of amides is 1. The van der Waals surface area contributed by atoms with Crippen molar-refractivity contribution in [3.8, 4) is 0 Å². The van der Waals surface area contributed by atoms with Gasteiger partial charge in [0.05, 0.1) is 7.05 Å². The van der Waals surface area contributed by atoms with Crippen LogP contribution < -0.4 is 9.88 Å². The molecule has 1 N–H and O–H groups in total. The Morgan fingerprint density at radius 2 is 2.47 bits per heavy atom. The fraction of sp³-hybridized carbons (Fsp3) is 0.444. The van der Waals surface area contributed by atoms with E-state index in [9.17, 15) is 9.59 Å². The van der Waals surface area contributed by atoms with Crippen molar-refractivity contribution in [1.29, 1.82) is 0 Å². The molecule has 82 valence electrons. The number of carbonyl (C=O) groups is 2. The van der Waals surface area contributed by atoms with E-state index < -0.39 is 5.97 Å². The number of rotatable bonds is 6. The van der Waals surface area contributed by atoms with E-state index in [-0.39, 0.29) is 6.54 Å². The molecule has 6 nitrogen and oxygen atoms in total. The summed E-state index contributed by atoms with van der Waals surface area (Å²) in [6.45, 7) is 0.824. The Kier molecular flexibility index (Phi) is 4.33. The zero-order valence-electron chi connectivity index (χ0n) is 8.55. The summed E-state index contributed by atoms with van der Waals surface area (Å²) in [5.41, 5.74) is 0. The first-order valence-corrected chi connectivity index (χ1v) is 4.56. The van der Waals surface area contributed by atoms with Crippen molar-refractivity contribution in [2.45, 2.75) is 6.54 Å². The second-order valence-electron chi connectivity index (χ2n) is 3.04. The topological polar surface area (TPSA) is 64.2 Å². The molecule has 0 saturated heterocycles. The number of imidazole rings is 1. The standard InChI is InChI=1S/C9H13N3O3/c1-11-2-3-12(8-11)4-5-15-9(14)6-10-7-13/h2-3,7-8H,4-6H2,1H3/p+1. The maximum atomic E-state index is 10.9. The molecule has 1 aromatic heterocycles. The van der Waals surface area contributed by atoms with Crippen LogP contribution in [0.3, 0.4) is 0 Å². The van der Waals surface area contributed by atoms with Crippen LogP contribution in [0.5, 0.6) is 0 Å². The van der Waals surface area contributed by atoms with Crippen molar-refractivity contribution in [3.05, 3.63) is 18.7 Å². The Balaban J connectivity index is 2.16. The van der Waals surface area contributed by atoms with Gasteiger partial charge in [-0.25, -0.2) is 9.13 Å². The molecule has 0 aliphatic heterocycles. The summed E-state index contributed by atoms with van der Waals surface area (Å²) in [5, 5.41) is 2.23. The second-order valence-corrected chi connectivity index (χ2v) is 3.04. The molecular weight excluding hydrogens is 198 g/mol. The van der Waals surface area contributed by atoms with Gasteiger partial charge in [0, 0.05) is 0 Å². The number of ether oxygens (including phenoxy) is 1. The van der Waals surface area contributed by atoms with Crippen molar-refractivity contribution < 1.29 is 18.9 Å². The van der Waals surface area contributed by atoms with Crippen molar-refractivity contribution in [3.63, 3.8) is 0 Å². The number of carbonyl (C=O) groups excluding carboxylic acids is 2. The molecule has 1 rings (SSSR count). The summed E-state index contributed by atoms with van der Waals surface area (Å²) in [7, 11) is 1.91. The summed E-state index contributed by atoms with van der Waals surface area (Å²) in [4.78, 5) is 20.8. The molecule has 0 atom stereocenters. The third kappa shape index (κ3) is 4.26. The minimum Gasteiger partial charge on any atom is -0.460 e. The third-order valence-corrected chi connectivity index (χ3v) is 1.77. The average Bonchev–Trinajstić information content (AvgIpc) is 2.61. The van der Waals surface area contributed by atoms with E-state index in [1.165, 1.54) is 0 Å². The smallest absolute Gasteiger partial charge is 0.325 e. The lowest BCUT2D eigenvalue weighted by molar-refractivity contribution is -0.671. The lowest BCUT2D eigenvalue weighted by Crippen LogP contribution is -2.25. The maximum Gasteiger partial charge on any atom is 0.325 e. The molecule has 1 heterocycles. The number of aryl methyl sites for hydroxylation is 1. The van der Waals surface area contributed by atoms with Gasteiger partial charge in [0.25, 0.3) is 0 Å². The molecular formula is C9H14N3O3+. The van der Waals surface area contributed by atoms with E-state index in [4.69, 9.17) is 4.74 Å². The number of nitrogens with one attached hydrogen (secondary N) is 1. The molecule has 0 aliphatic rings. The van der Waals surface area contributed by atoms with Crippen LogP contribution in [-0.4, -0.2) is 30.1 Å². The van der Waals surface area contributed by atoms with Gasteiger partial charge in [-0.3, -0.25) is 9.59 Å². The minimum absolute atomic E-state index is 0.0804. The van der Waals surface area contributed by atoms with Gasteiger partial charge in [0.15, 0.2) is 0 Å². The van der Waals surface area contributed by atoms with Crippen LogP contribution in [0.4, 0.5) is 0 Å². The van der Waals surface area contributed by atoms with Gasteiger partial charge in [0.2, 0.25) is 12.7 Å². The minimum atomic E-state index is -0.432. The highest BCUT2D eigenvalue weighted by Crippen LogP contribution is 1.85. The van der Waals surface area contributed by atoms with Crippen LogP contribution >= 0.6 is 0 Å².